The molecule has 0 heterocycles. The van der Waals surface area contributed by atoms with Crippen molar-refractivity contribution >= 4 is 6.08 Å². The molecule has 2 rings (SSSR count). The standard InChI is InChI=1S/C14H19N/c1-10(2)12(13-9-14(13)15)8-11-6-4-3-5-7-11/h3-8,10,13-14H,9,15H2,1-2H3. The van der Waals surface area contributed by atoms with Crippen LogP contribution in [0.5, 0.6) is 0 Å². The second kappa shape index (κ2) is 4.19. The summed E-state index contributed by atoms with van der Waals surface area (Å²) in [5.74, 6) is 1.23. The van der Waals surface area contributed by atoms with E-state index >= 15 is 0 Å². The summed E-state index contributed by atoms with van der Waals surface area (Å²) in [6.07, 6.45) is 3.47. The summed E-state index contributed by atoms with van der Waals surface area (Å²) < 4.78 is 0. The van der Waals surface area contributed by atoms with Crippen LogP contribution in [0.4, 0.5) is 0 Å². The Balaban J connectivity index is 2.21. The van der Waals surface area contributed by atoms with E-state index in [0.717, 1.165) is 6.42 Å². The highest BCUT2D eigenvalue weighted by atomic mass is 14.7. The summed E-state index contributed by atoms with van der Waals surface area (Å²) >= 11 is 0. The summed E-state index contributed by atoms with van der Waals surface area (Å²) in [7, 11) is 0. The molecule has 1 heteroatoms. The van der Waals surface area contributed by atoms with E-state index < -0.39 is 0 Å². The predicted molar refractivity (Wildman–Crippen MR) is 65.3 cm³/mol. The van der Waals surface area contributed by atoms with E-state index in [2.05, 4.69) is 50.3 Å². The molecule has 0 amide bonds. The smallest absolute Gasteiger partial charge is 0.0112 e. The highest BCUT2D eigenvalue weighted by molar-refractivity contribution is 5.55. The van der Waals surface area contributed by atoms with E-state index in [1.807, 2.05) is 0 Å². The van der Waals surface area contributed by atoms with Crippen LogP contribution in [-0.2, 0) is 0 Å². The Hall–Kier alpha value is -1.08. The van der Waals surface area contributed by atoms with Crippen molar-refractivity contribution in [2.75, 3.05) is 0 Å². The average Bonchev–Trinajstić information content (AvgIpc) is 2.93. The molecule has 0 spiro atoms. The van der Waals surface area contributed by atoms with Crippen LogP contribution in [0, 0.1) is 11.8 Å². The summed E-state index contributed by atoms with van der Waals surface area (Å²) in [6.45, 7) is 4.50. The second-order valence-corrected chi connectivity index (χ2v) is 4.72. The predicted octanol–water partition coefficient (Wildman–Crippen LogP) is 3.07. The van der Waals surface area contributed by atoms with Crippen LogP contribution >= 0.6 is 0 Å². The van der Waals surface area contributed by atoms with Crippen molar-refractivity contribution in [3.8, 4) is 0 Å². The third-order valence-corrected chi connectivity index (χ3v) is 3.07. The third-order valence-electron chi connectivity index (χ3n) is 3.07. The normalized spacial score (nSPS) is 25.7. The van der Waals surface area contributed by atoms with Crippen LogP contribution < -0.4 is 5.73 Å². The van der Waals surface area contributed by atoms with E-state index in [9.17, 15) is 0 Å². The summed E-state index contributed by atoms with van der Waals surface area (Å²) in [4.78, 5) is 0. The van der Waals surface area contributed by atoms with Gasteiger partial charge in [0.05, 0.1) is 0 Å². The largest absolute Gasteiger partial charge is 0.327 e. The highest BCUT2D eigenvalue weighted by Gasteiger charge is 2.37. The molecule has 1 aliphatic rings. The maximum Gasteiger partial charge on any atom is 0.0112 e. The molecule has 2 unspecified atom stereocenters. The fourth-order valence-electron chi connectivity index (χ4n) is 2.04. The molecular weight excluding hydrogens is 182 g/mol. The second-order valence-electron chi connectivity index (χ2n) is 4.72. The molecule has 0 aromatic heterocycles. The van der Waals surface area contributed by atoms with E-state index in [0.29, 0.717) is 17.9 Å². The lowest BCUT2D eigenvalue weighted by molar-refractivity contribution is 0.699. The molecule has 2 atom stereocenters. The first-order valence-corrected chi connectivity index (χ1v) is 5.70. The zero-order valence-corrected chi connectivity index (χ0v) is 9.48. The molecule has 1 aromatic carbocycles. The highest BCUT2D eigenvalue weighted by Crippen LogP contribution is 2.39. The Morgan fingerprint density at radius 1 is 1.33 bits per heavy atom. The van der Waals surface area contributed by atoms with Crippen molar-refractivity contribution in [1.29, 1.82) is 0 Å². The molecule has 0 aliphatic heterocycles. The zero-order valence-electron chi connectivity index (χ0n) is 9.48. The molecule has 1 saturated carbocycles. The van der Waals surface area contributed by atoms with Crippen molar-refractivity contribution < 1.29 is 0 Å². The monoisotopic (exact) mass is 201 g/mol. The number of nitrogens with two attached hydrogens (primary N) is 1. The van der Waals surface area contributed by atoms with Gasteiger partial charge in [-0.25, -0.2) is 0 Å². The number of hydrogen-bond donors (Lipinski definition) is 1. The van der Waals surface area contributed by atoms with Gasteiger partial charge in [-0.3, -0.25) is 0 Å². The lowest BCUT2D eigenvalue weighted by atomic mass is 9.96. The third kappa shape index (κ3) is 2.48. The van der Waals surface area contributed by atoms with Crippen LogP contribution in [-0.4, -0.2) is 6.04 Å². The van der Waals surface area contributed by atoms with Gasteiger partial charge in [-0.15, -0.1) is 0 Å². The molecule has 1 aliphatic carbocycles. The summed E-state index contributed by atoms with van der Waals surface area (Å²) in [5.41, 5.74) is 8.72. The number of benzene rings is 1. The van der Waals surface area contributed by atoms with Gasteiger partial charge in [0.2, 0.25) is 0 Å². The number of rotatable bonds is 3. The Morgan fingerprint density at radius 2 is 1.93 bits per heavy atom. The van der Waals surface area contributed by atoms with Crippen LogP contribution in [0.15, 0.2) is 35.9 Å². The molecule has 1 fully saturated rings. The molecule has 0 bridgehead atoms. The average molecular weight is 201 g/mol. The summed E-state index contributed by atoms with van der Waals surface area (Å²) in [5, 5.41) is 0. The zero-order chi connectivity index (χ0) is 10.8. The minimum atomic E-state index is 0.405. The lowest BCUT2D eigenvalue weighted by Gasteiger charge is -2.10. The summed E-state index contributed by atoms with van der Waals surface area (Å²) in [6, 6.07) is 10.9. The van der Waals surface area contributed by atoms with Crippen molar-refractivity contribution in [3.63, 3.8) is 0 Å². The van der Waals surface area contributed by atoms with Gasteiger partial charge < -0.3 is 5.73 Å². The van der Waals surface area contributed by atoms with E-state index in [1.165, 1.54) is 11.1 Å². The van der Waals surface area contributed by atoms with Gasteiger partial charge in [0.25, 0.3) is 0 Å². The van der Waals surface area contributed by atoms with Crippen molar-refractivity contribution in [3.05, 3.63) is 41.5 Å². The van der Waals surface area contributed by atoms with Gasteiger partial charge >= 0.3 is 0 Å². The molecule has 1 aromatic rings. The van der Waals surface area contributed by atoms with E-state index in [4.69, 9.17) is 5.73 Å². The van der Waals surface area contributed by atoms with Gasteiger partial charge in [0.15, 0.2) is 0 Å². The fraction of sp³-hybridized carbons (Fsp3) is 0.429. The van der Waals surface area contributed by atoms with Crippen LogP contribution in [0.2, 0.25) is 0 Å². The van der Waals surface area contributed by atoms with E-state index in [1.54, 1.807) is 0 Å². The SMILES string of the molecule is CC(C)C(=Cc1ccccc1)C1CC1N. The van der Waals surface area contributed by atoms with Crippen molar-refractivity contribution in [1.82, 2.24) is 0 Å². The Labute approximate surface area is 92.0 Å². The van der Waals surface area contributed by atoms with Gasteiger partial charge in [0.1, 0.15) is 0 Å². The minimum Gasteiger partial charge on any atom is -0.327 e. The van der Waals surface area contributed by atoms with Crippen LogP contribution in [0.3, 0.4) is 0 Å². The molecular formula is C14H19N. The Morgan fingerprint density at radius 3 is 2.40 bits per heavy atom. The van der Waals surface area contributed by atoms with E-state index in [-0.39, 0.29) is 0 Å². The first-order chi connectivity index (χ1) is 7.18. The van der Waals surface area contributed by atoms with Gasteiger partial charge in [-0.05, 0) is 23.8 Å². The first-order valence-electron chi connectivity index (χ1n) is 5.70. The maximum atomic E-state index is 5.92. The molecule has 15 heavy (non-hydrogen) atoms. The van der Waals surface area contributed by atoms with Gasteiger partial charge in [-0.1, -0.05) is 55.8 Å². The fourth-order valence-corrected chi connectivity index (χ4v) is 2.04. The Bertz CT molecular complexity index is 351. The molecule has 0 saturated heterocycles. The van der Waals surface area contributed by atoms with Gasteiger partial charge in [-0.2, -0.15) is 0 Å². The lowest BCUT2D eigenvalue weighted by Crippen LogP contribution is -2.06. The maximum absolute atomic E-state index is 5.92. The number of hydrogen-bond acceptors (Lipinski definition) is 1. The van der Waals surface area contributed by atoms with Crippen molar-refractivity contribution in [2.45, 2.75) is 26.3 Å². The van der Waals surface area contributed by atoms with Gasteiger partial charge in [0, 0.05) is 6.04 Å². The first kappa shape index (κ1) is 10.4. The Kier molecular flexibility index (Phi) is 2.92. The minimum absolute atomic E-state index is 0.405. The van der Waals surface area contributed by atoms with Crippen LogP contribution in [0.25, 0.3) is 6.08 Å². The molecule has 1 nitrogen and oxygen atoms in total. The topological polar surface area (TPSA) is 26.0 Å². The quantitative estimate of drug-likeness (QED) is 0.799. The van der Waals surface area contributed by atoms with Crippen molar-refractivity contribution in [2.24, 2.45) is 17.6 Å². The molecule has 80 valence electrons. The molecule has 0 radical (unpaired) electrons. The molecule has 2 N–H and O–H groups in total. The van der Waals surface area contributed by atoms with Crippen LogP contribution in [0.1, 0.15) is 25.8 Å².